The summed E-state index contributed by atoms with van der Waals surface area (Å²) in [6.07, 6.45) is -1.17. The van der Waals surface area contributed by atoms with Crippen LogP contribution in [-0.2, 0) is 11.0 Å². The lowest BCUT2D eigenvalue weighted by Crippen LogP contribution is -2.33. The number of carbonyl (C=O) groups excluding carboxylic acids is 1. The molecule has 4 nitrogen and oxygen atoms in total. The second-order valence-corrected chi connectivity index (χ2v) is 5.75. The van der Waals surface area contributed by atoms with Gasteiger partial charge in [-0.2, -0.15) is 13.2 Å². The zero-order chi connectivity index (χ0) is 16.9. The number of alkyl halides is 3. The van der Waals surface area contributed by atoms with Crippen LogP contribution in [0.3, 0.4) is 0 Å². The van der Waals surface area contributed by atoms with E-state index in [-0.39, 0.29) is 36.8 Å². The highest BCUT2D eigenvalue weighted by Gasteiger charge is 2.34. The van der Waals surface area contributed by atoms with Gasteiger partial charge in [-0.3, -0.25) is 4.79 Å². The molecule has 1 saturated carbocycles. The lowest BCUT2D eigenvalue weighted by Gasteiger charge is -2.16. The van der Waals surface area contributed by atoms with Gasteiger partial charge in [-0.1, -0.05) is 18.6 Å². The summed E-state index contributed by atoms with van der Waals surface area (Å²) in [5, 5.41) is 2.66. The van der Waals surface area contributed by atoms with Crippen LogP contribution < -0.4 is 15.8 Å². The van der Waals surface area contributed by atoms with E-state index in [4.69, 9.17) is 10.5 Å². The Morgan fingerprint density at radius 3 is 2.70 bits per heavy atom. The average Bonchev–Trinajstić information content (AvgIpc) is 2.88. The van der Waals surface area contributed by atoms with Gasteiger partial charge in [-0.15, -0.1) is 0 Å². The van der Waals surface area contributed by atoms with Gasteiger partial charge in [0.15, 0.2) is 0 Å². The molecule has 3 N–H and O–H groups in total. The maximum absolute atomic E-state index is 12.8. The fourth-order valence-corrected chi connectivity index (χ4v) is 2.81. The van der Waals surface area contributed by atoms with Gasteiger partial charge in [-0.25, -0.2) is 0 Å². The molecule has 0 aromatic heterocycles. The van der Waals surface area contributed by atoms with Crippen LogP contribution in [0.1, 0.15) is 31.2 Å². The number of nitrogens with two attached hydrogens (primary N) is 1. The average molecular weight is 330 g/mol. The molecule has 1 aromatic rings. The lowest BCUT2D eigenvalue weighted by atomic mass is 10.00. The van der Waals surface area contributed by atoms with Gasteiger partial charge in [0.1, 0.15) is 12.4 Å². The summed E-state index contributed by atoms with van der Waals surface area (Å²) in [6, 6.07) is 5.08. The Morgan fingerprint density at radius 2 is 2.04 bits per heavy atom. The van der Waals surface area contributed by atoms with Crippen molar-refractivity contribution in [3.63, 3.8) is 0 Å². The van der Waals surface area contributed by atoms with Gasteiger partial charge in [0.2, 0.25) is 5.91 Å². The van der Waals surface area contributed by atoms with E-state index < -0.39 is 11.7 Å². The first-order valence-corrected chi connectivity index (χ1v) is 7.69. The van der Waals surface area contributed by atoms with Crippen LogP contribution in [-0.4, -0.2) is 25.1 Å². The number of amides is 1. The highest BCUT2D eigenvalue weighted by molar-refractivity contribution is 5.76. The number of carbonyl (C=O) groups is 1. The monoisotopic (exact) mass is 330 g/mol. The summed E-state index contributed by atoms with van der Waals surface area (Å²) >= 11 is 0. The number of benzene rings is 1. The topological polar surface area (TPSA) is 64.4 Å². The minimum absolute atomic E-state index is 0.0183. The largest absolute Gasteiger partial charge is 0.491 e. The molecule has 1 fully saturated rings. The third kappa shape index (κ3) is 5.13. The van der Waals surface area contributed by atoms with E-state index in [1.165, 1.54) is 18.2 Å². The lowest BCUT2D eigenvalue weighted by molar-refractivity contribution is -0.139. The van der Waals surface area contributed by atoms with Crippen LogP contribution in [0.2, 0.25) is 0 Å². The number of hydrogen-bond donors (Lipinski definition) is 2. The normalized spacial score (nSPS) is 21.2. The number of hydrogen-bond acceptors (Lipinski definition) is 3. The van der Waals surface area contributed by atoms with Crippen molar-refractivity contribution in [3.05, 3.63) is 29.8 Å². The van der Waals surface area contributed by atoms with Crippen molar-refractivity contribution in [2.45, 2.75) is 37.9 Å². The van der Waals surface area contributed by atoms with E-state index in [2.05, 4.69) is 5.32 Å². The maximum atomic E-state index is 12.8. The smallest absolute Gasteiger partial charge is 0.419 e. The molecule has 7 heteroatoms. The molecule has 0 unspecified atom stereocenters. The Hall–Kier alpha value is -1.76. The number of ether oxygens (including phenoxy) is 1. The van der Waals surface area contributed by atoms with Crippen molar-refractivity contribution in [3.8, 4) is 5.75 Å². The third-order valence-corrected chi connectivity index (χ3v) is 4.04. The van der Waals surface area contributed by atoms with Crippen molar-refractivity contribution in [2.75, 3.05) is 13.2 Å². The molecule has 128 valence electrons. The molecule has 23 heavy (non-hydrogen) atoms. The van der Waals surface area contributed by atoms with Gasteiger partial charge >= 0.3 is 6.18 Å². The van der Waals surface area contributed by atoms with Gasteiger partial charge in [0.05, 0.1) is 12.1 Å². The third-order valence-electron chi connectivity index (χ3n) is 4.04. The maximum Gasteiger partial charge on any atom is 0.419 e. The first kappa shape index (κ1) is 17.6. The molecule has 1 aromatic carbocycles. The Labute approximate surface area is 133 Å². The molecule has 0 radical (unpaired) electrons. The zero-order valence-corrected chi connectivity index (χ0v) is 12.7. The van der Waals surface area contributed by atoms with E-state index in [0.717, 1.165) is 25.3 Å². The molecule has 0 aliphatic heterocycles. The van der Waals surface area contributed by atoms with Crippen LogP contribution in [0.25, 0.3) is 0 Å². The quantitative estimate of drug-likeness (QED) is 0.788. The van der Waals surface area contributed by atoms with E-state index in [9.17, 15) is 18.0 Å². The Kier molecular flexibility index (Phi) is 5.87. The number of rotatable bonds is 6. The highest BCUT2D eigenvalue weighted by Crippen LogP contribution is 2.35. The first-order chi connectivity index (χ1) is 10.9. The summed E-state index contributed by atoms with van der Waals surface area (Å²) < 4.78 is 43.5. The van der Waals surface area contributed by atoms with Crippen molar-refractivity contribution >= 4 is 5.91 Å². The van der Waals surface area contributed by atoms with Crippen molar-refractivity contribution in [1.29, 1.82) is 0 Å². The van der Waals surface area contributed by atoms with E-state index in [1.54, 1.807) is 0 Å². The first-order valence-electron chi connectivity index (χ1n) is 7.69. The van der Waals surface area contributed by atoms with Crippen LogP contribution in [0, 0.1) is 5.92 Å². The summed E-state index contributed by atoms with van der Waals surface area (Å²) in [5.74, 6) is -0.172. The number of para-hydroxylation sites is 1. The van der Waals surface area contributed by atoms with E-state index in [1.807, 2.05) is 0 Å². The minimum Gasteiger partial charge on any atom is -0.491 e. The second kappa shape index (κ2) is 7.68. The fourth-order valence-electron chi connectivity index (χ4n) is 2.81. The molecule has 2 rings (SSSR count). The fraction of sp³-hybridized carbons (Fsp3) is 0.562. The molecule has 1 aliphatic rings. The molecule has 1 aliphatic carbocycles. The van der Waals surface area contributed by atoms with Gasteiger partial charge in [0.25, 0.3) is 0 Å². The van der Waals surface area contributed by atoms with E-state index >= 15 is 0 Å². The summed E-state index contributed by atoms with van der Waals surface area (Å²) in [4.78, 5) is 11.8. The van der Waals surface area contributed by atoms with Crippen molar-refractivity contribution in [2.24, 2.45) is 11.7 Å². The van der Waals surface area contributed by atoms with Crippen molar-refractivity contribution < 1.29 is 22.7 Å². The van der Waals surface area contributed by atoms with Gasteiger partial charge in [0, 0.05) is 12.5 Å². The SMILES string of the molecule is N[C@@H]1CCC[C@H]1CC(=O)NCCOc1ccccc1C(F)(F)F. The minimum atomic E-state index is -4.46. The van der Waals surface area contributed by atoms with Gasteiger partial charge in [-0.05, 0) is 30.9 Å². The Balaban J connectivity index is 1.74. The van der Waals surface area contributed by atoms with Crippen molar-refractivity contribution in [1.82, 2.24) is 5.32 Å². The summed E-state index contributed by atoms with van der Waals surface area (Å²) in [6.45, 7) is 0.141. The van der Waals surface area contributed by atoms with Crippen LogP contribution in [0.4, 0.5) is 13.2 Å². The zero-order valence-electron chi connectivity index (χ0n) is 12.7. The molecule has 2 atom stereocenters. The van der Waals surface area contributed by atoms with Gasteiger partial charge < -0.3 is 15.8 Å². The predicted octanol–water partition coefficient (Wildman–Crippen LogP) is 2.72. The predicted molar refractivity (Wildman–Crippen MR) is 79.9 cm³/mol. The molecule has 0 bridgehead atoms. The molecule has 0 spiro atoms. The van der Waals surface area contributed by atoms with E-state index in [0.29, 0.717) is 6.42 Å². The summed E-state index contributed by atoms with van der Waals surface area (Å²) in [7, 11) is 0. The molecule has 0 saturated heterocycles. The van der Waals surface area contributed by atoms with Crippen LogP contribution in [0.5, 0.6) is 5.75 Å². The molecule has 0 heterocycles. The summed E-state index contributed by atoms with van der Waals surface area (Å²) in [5.41, 5.74) is 5.09. The second-order valence-electron chi connectivity index (χ2n) is 5.75. The Bertz CT molecular complexity index is 534. The molecular formula is C16H21F3N2O2. The number of nitrogens with one attached hydrogen (secondary N) is 1. The van der Waals surface area contributed by atoms with Crippen LogP contribution in [0.15, 0.2) is 24.3 Å². The Morgan fingerprint density at radius 1 is 1.30 bits per heavy atom. The molecule has 1 amide bonds. The van der Waals surface area contributed by atoms with Crippen LogP contribution >= 0.6 is 0 Å². The molecular weight excluding hydrogens is 309 g/mol. The highest BCUT2D eigenvalue weighted by atomic mass is 19.4. The number of halogens is 3. The standard InChI is InChI=1S/C16H21F3N2O2/c17-16(18,19)12-5-1-2-7-14(12)23-9-8-21-15(22)10-11-4-3-6-13(11)20/h1-2,5,7,11,13H,3-4,6,8-10,20H2,(H,21,22)/t11-,13+/m0/s1.